The lowest BCUT2D eigenvalue weighted by molar-refractivity contribution is -0.127. The number of aliphatic hydroxyl groups is 2. The summed E-state index contributed by atoms with van der Waals surface area (Å²) in [6.45, 7) is 4.67. The van der Waals surface area contributed by atoms with Crippen LogP contribution in [0.4, 0.5) is 0 Å². The van der Waals surface area contributed by atoms with Gasteiger partial charge in [-0.1, -0.05) is 11.6 Å². The van der Waals surface area contributed by atoms with E-state index in [2.05, 4.69) is 16.9 Å². The average molecular weight is 348 g/mol. The van der Waals surface area contributed by atoms with E-state index in [0.29, 0.717) is 5.15 Å². The molecule has 3 rings (SSSR count). The first-order chi connectivity index (χ1) is 10.1. The van der Waals surface area contributed by atoms with Gasteiger partial charge in [-0.05, 0) is 51.3 Å². The first-order valence-corrected chi connectivity index (χ1v) is 7.70. The highest BCUT2D eigenvalue weighted by Gasteiger charge is 2.25. The second kappa shape index (κ2) is 6.68. The molecule has 0 aliphatic carbocycles. The Labute approximate surface area is 138 Å². The predicted octanol–water partition coefficient (Wildman–Crippen LogP) is 3.14. The Kier molecular flexibility index (Phi) is 5.29. The van der Waals surface area contributed by atoms with Crippen LogP contribution in [0.2, 0.25) is 10.4 Å². The van der Waals surface area contributed by atoms with Crippen LogP contribution in [0.25, 0.3) is 11.0 Å². The standard InChI is InChI=1S/C11H11Cl2N3O.C3H8O2/c1-6-2-3-8(17-6)16-5-4-7-9(12)14-11(13)15-10(7)16;1-3(2,4)5/h4-6,8H,2-3H2,1H3;4-5H,1-2H3. The number of hydrogen-bond acceptors (Lipinski definition) is 5. The van der Waals surface area contributed by atoms with Crippen LogP contribution in [-0.2, 0) is 4.74 Å². The van der Waals surface area contributed by atoms with Gasteiger partial charge in [0.05, 0.1) is 11.5 Å². The molecule has 0 radical (unpaired) electrons. The van der Waals surface area contributed by atoms with Gasteiger partial charge in [0.15, 0.2) is 5.79 Å². The molecule has 1 saturated heterocycles. The molecule has 2 aromatic rings. The van der Waals surface area contributed by atoms with Crippen molar-refractivity contribution in [2.45, 2.75) is 51.7 Å². The second-order valence-electron chi connectivity index (χ2n) is 5.72. The van der Waals surface area contributed by atoms with E-state index < -0.39 is 5.79 Å². The number of hydrogen-bond donors (Lipinski definition) is 2. The fourth-order valence-electron chi connectivity index (χ4n) is 2.19. The molecule has 0 amide bonds. The van der Waals surface area contributed by atoms with E-state index in [4.69, 9.17) is 38.2 Å². The van der Waals surface area contributed by atoms with Gasteiger partial charge in [-0.25, -0.2) is 4.98 Å². The minimum Gasteiger partial charge on any atom is -0.366 e. The quantitative estimate of drug-likeness (QED) is 0.470. The van der Waals surface area contributed by atoms with Crippen molar-refractivity contribution < 1.29 is 14.9 Å². The molecule has 6 nitrogen and oxygen atoms in total. The molecule has 2 aromatic heterocycles. The lowest BCUT2D eigenvalue weighted by atomic mass is 10.2. The minimum absolute atomic E-state index is 0.0181. The van der Waals surface area contributed by atoms with Crippen LogP contribution in [0, 0.1) is 0 Å². The Morgan fingerprint density at radius 1 is 1.27 bits per heavy atom. The van der Waals surface area contributed by atoms with Crippen molar-refractivity contribution in [3.63, 3.8) is 0 Å². The van der Waals surface area contributed by atoms with Crippen molar-refractivity contribution in [1.82, 2.24) is 14.5 Å². The fourth-order valence-corrected chi connectivity index (χ4v) is 2.63. The molecular weight excluding hydrogens is 329 g/mol. The van der Waals surface area contributed by atoms with Crippen LogP contribution in [0.5, 0.6) is 0 Å². The molecule has 0 spiro atoms. The van der Waals surface area contributed by atoms with Crippen LogP contribution in [0.15, 0.2) is 12.3 Å². The summed E-state index contributed by atoms with van der Waals surface area (Å²) in [6.07, 6.45) is 4.25. The third-order valence-electron chi connectivity index (χ3n) is 3.02. The highest BCUT2D eigenvalue weighted by Crippen LogP contribution is 2.32. The summed E-state index contributed by atoms with van der Waals surface area (Å²) in [6, 6.07) is 1.89. The maximum absolute atomic E-state index is 8.08. The summed E-state index contributed by atoms with van der Waals surface area (Å²) in [7, 11) is 0. The summed E-state index contributed by atoms with van der Waals surface area (Å²) in [5.74, 6) is -1.50. The summed E-state index contributed by atoms with van der Waals surface area (Å²) < 4.78 is 7.78. The maximum atomic E-state index is 8.08. The van der Waals surface area contributed by atoms with Crippen molar-refractivity contribution in [2.75, 3.05) is 0 Å². The van der Waals surface area contributed by atoms with Crippen molar-refractivity contribution in [3.05, 3.63) is 22.7 Å². The van der Waals surface area contributed by atoms with Crippen molar-refractivity contribution in [3.8, 4) is 0 Å². The Bertz CT molecular complexity index is 649. The number of ether oxygens (including phenoxy) is 1. The Hall–Kier alpha value is -0.920. The fraction of sp³-hybridized carbons (Fsp3) is 0.571. The summed E-state index contributed by atoms with van der Waals surface area (Å²) in [4.78, 5) is 8.14. The zero-order chi connectivity index (χ0) is 16.5. The van der Waals surface area contributed by atoms with Crippen molar-refractivity contribution in [1.29, 1.82) is 0 Å². The van der Waals surface area contributed by atoms with E-state index in [1.54, 1.807) is 0 Å². The van der Waals surface area contributed by atoms with Crippen LogP contribution in [0.1, 0.15) is 39.8 Å². The molecule has 0 aromatic carbocycles. The lowest BCUT2D eigenvalue weighted by Gasteiger charge is -2.13. The normalized spacial score (nSPS) is 21.8. The maximum Gasteiger partial charge on any atom is 0.225 e. The number of aromatic nitrogens is 3. The van der Waals surface area contributed by atoms with E-state index in [1.807, 2.05) is 16.8 Å². The van der Waals surface area contributed by atoms with E-state index in [0.717, 1.165) is 23.9 Å². The zero-order valence-electron chi connectivity index (χ0n) is 12.6. The van der Waals surface area contributed by atoms with E-state index in [1.165, 1.54) is 13.8 Å². The highest BCUT2D eigenvalue weighted by molar-refractivity contribution is 6.35. The molecule has 1 fully saturated rings. The molecule has 2 unspecified atom stereocenters. The Morgan fingerprint density at radius 3 is 2.45 bits per heavy atom. The van der Waals surface area contributed by atoms with E-state index in [-0.39, 0.29) is 17.6 Å². The summed E-state index contributed by atoms with van der Waals surface area (Å²) in [5, 5.41) is 17.5. The Morgan fingerprint density at radius 2 is 1.91 bits per heavy atom. The second-order valence-corrected chi connectivity index (χ2v) is 6.41. The molecular formula is C14H19Cl2N3O3. The molecule has 8 heteroatoms. The smallest absolute Gasteiger partial charge is 0.225 e. The molecule has 1 aliphatic rings. The van der Waals surface area contributed by atoms with E-state index in [9.17, 15) is 0 Å². The Balaban J connectivity index is 0.000000309. The average Bonchev–Trinajstić information content (AvgIpc) is 2.92. The van der Waals surface area contributed by atoms with Gasteiger partial charge in [0.25, 0.3) is 0 Å². The van der Waals surface area contributed by atoms with Gasteiger partial charge < -0.3 is 19.5 Å². The predicted molar refractivity (Wildman–Crippen MR) is 84.9 cm³/mol. The number of rotatable bonds is 1. The third-order valence-corrected chi connectivity index (χ3v) is 3.48. The SMILES string of the molecule is CC(C)(O)O.CC1CCC(n2ccc3c(Cl)nc(Cl)nc32)O1. The van der Waals surface area contributed by atoms with Gasteiger partial charge in [0, 0.05) is 6.20 Å². The van der Waals surface area contributed by atoms with Crippen molar-refractivity contribution in [2.24, 2.45) is 0 Å². The number of fused-ring (bicyclic) bond motifs is 1. The zero-order valence-corrected chi connectivity index (χ0v) is 14.1. The third kappa shape index (κ3) is 4.54. The van der Waals surface area contributed by atoms with E-state index >= 15 is 0 Å². The first kappa shape index (κ1) is 17.4. The molecule has 22 heavy (non-hydrogen) atoms. The van der Waals surface area contributed by atoms with Gasteiger partial charge in [-0.15, -0.1) is 0 Å². The highest BCUT2D eigenvalue weighted by atomic mass is 35.5. The van der Waals surface area contributed by atoms with Gasteiger partial charge >= 0.3 is 0 Å². The van der Waals surface area contributed by atoms with Gasteiger partial charge in [0.1, 0.15) is 17.0 Å². The van der Waals surface area contributed by atoms with Crippen LogP contribution >= 0.6 is 23.2 Å². The van der Waals surface area contributed by atoms with Gasteiger partial charge in [0.2, 0.25) is 5.28 Å². The van der Waals surface area contributed by atoms with Gasteiger partial charge in [-0.3, -0.25) is 0 Å². The first-order valence-electron chi connectivity index (χ1n) is 6.95. The molecule has 122 valence electrons. The molecule has 0 saturated carbocycles. The molecule has 0 bridgehead atoms. The number of halogens is 2. The van der Waals surface area contributed by atoms with Gasteiger partial charge in [-0.2, -0.15) is 4.98 Å². The lowest BCUT2D eigenvalue weighted by Crippen LogP contribution is -2.15. The topological polar surface area (TPSA) is 80.4 Å². The monoisotopic (exact) mass is 347 g/mol. The molecule has 3 heterocycles. The van der Waals surface area contributed by atoms with Crippen LogP contribution in [0.3, 0.4) is 0 Å². The molecule has 2 N–H and O–H groups in total. The summed E-state index contributed by atoms with van der Waals surface area (Å²) >= 11 is 11.8. The largest absolute Gasteiger partial charge is 0.366 e. The van der Waals surface area contributed by atoms with Crippen molar-refractivity contribution >= 4 is 34.2 Å². The van der Waals surface area contributed by atoms with Crippen LogP contribution < -0.4 is 0 Å². The molecule has 2 atom stereocenters. The number of nitrogens with zero attached hydrogens (tertiary/aromatic N) is 3. The minimum atomic E-state index is -1.50. The summed E-state index contributed by atoms with van der Waals surface area (Å²) in [5.41, 5.74) is 0.731. The molecule has 1 aliphatic heterocycles. The van der Waals surface area contributed by atoms with Crippen LogP contribution in [-0.4, -0.2) is 36.6 Å².